The minimum atomic E-state index is -4.54. The van der Waals surface area contributed by atoms with Gasteiger partial charge in [0.25, 0.3) is 0 Å². The first kappa shape index (κ1) is 29.0. The van der Waals surface area contributed by atoms with Gasteiger partial charge in [-0.25, -0.2) is 0 Å². The van der Waals surface area contributed by atoms with Crippen LogP contribution in [0.4, 0.5) is 13.2 Å². The van der Waals surface area contributed by atoms with E-state index in [1.807, 2.05) is 6.92 Å². The van der Waals surface area contributed by atoms with Crippen LogP contribution in [-0.2, 0) is 30.3 Å². The lowest BCUT2D eigenvalue weighted by molar-refractivity contribution is -0.154. The van der Waals surface area contributed by atoms with Crippen molar-refractivity contribution in [1.29, 1.82) is 0 Å². The largest absolute Gasteiger partial charge is 0.445 e. The number of hydrogen-bond donors (Lipinski definition) is 0. The molecule has 1 aromatic rings. The lowest BCUT2D eigenvalue weighted by Gasteiger charge is -2.45. The predicted molar refractivity (Wildman–Crippen MR) is 135 cm³/mol. The van der Waals surface area contributed by atoms with E-state index < -0.39 is 24.9 Å². The Bertz CT molecular complexity index is 1000. The van der Waals surface area contributed by atoms with Gasteiger partial charge in [-0.3, -0.25) is 0 Å². The smallest absolute Gasteiger partial charge is 0.412 e. The van der Waals surface area contributed by atoms with Crippen molar-refractivity contribution in [2.24, 2.45) is 0 Å². The first-order chi connectivity index (χ1) is 16.3. The van der Waals surface area contributed by atoms with Crippen LogP contribution >= 0.6 is 30.0 Å². The molecule has 1 aromatic carbocycles. The Kier molecular flexibility index (Phi) is 9.17. The van der Waals surface area contributed by atoms with Crippen molar-refractivity contribution in [3.05, 3.63) is 34.0 Å². The van der Waals surface area contributed by atoms with Gasteiger partial charge in [0.05, 0.1) is 5.60 Å². The fourth-order valence-electron chi connectivity index (χ4n) is 5.03. The molecule has 0 N–H and O–H groups in total. The van der Waals surface area contributed by atoms with Crippen LogP contribution in [-0.4, -0.2) is 44.4 Å². The highest BCUT2D eigenvalue weighted by molar-refractivity contribution is 8.09. The van der Waals surface area contributed by atoms with Crippen molar-refractivity contribution < 1.29 is 36.0 Å². The second-order valence-corrected chi connectivity index (χ2v) is 13.8. The molecule has 12 heteroatoms. The SMILES string of the molecule is COC1(/C(OP(C)(=S)OCC(F)(F)F)=C(\C)c2c(C)cc(Cl)cc2OCl)CCC2(CCCO2)CC1. The van der Waals surface area contributed by atoms with Crippen LogP contribution in [0.2, 0.25) is 5.02 Å². The van der Waals surface area contributed by atoms with E-state index in [9.17, 15) is 13.2 Å². The second kappa shape index (κ2) is 11.1. The summed E-state index contributed by atoms with van der Waals surface area (Å²) in [4.78, 5) is 0. The summed E-state index contributed by atoms with van der Waals surface area (Å²) < 4.78 is 67.2. The third-order valence-electron chi connectivity index (χ3n) is 6.74. The van der Waals surface area contributed by atoms with Crippen LogP contribution in [0.3, 0.4) is 0 Å². The Labute approximate surface area is 219 Å². The third kappa shape index (κ3) is 6.86. The maximum absolute atomic E-state index is 12.9. The Balaban J connectivity index is 2.10. The molecule has 0 amide bonds. The van der Waals surface area contributed by atoms with Gasteiger partial charge in [-0.1, -0.05) is 11.6 Å². The van der Waals surface area contributed by atoms with Gasteiger partial charge in [0.2, 0.25) is 6.49 Å². The van der Waals surface area contributed by atoms with Crippen molar-refractivity contribution in [1.82, 2.24) is 0 Å². The average Bonchev–Trinajstić information content (AvgIpc) is 3.24. The topological polar surface area (TPSA) is 46.2 Å². The molecule has 3 rings (SSSR count). The molecule has 1 saturated carbocycles. The van der Waals surface area contributed by atoms with Crippen LogP contribution < -0.4 is 4.29 Å². The van der Waals surface area contributed by atoms with Gasteiger partial charge >= 0.3 is 6.18 Å². The Morgan fingerprint density at radius 2 is 1.86 bits per heavy atom. The zero-order valence-corrected chi connectivity index (χ0v) is 23.3. The van der Waals surface area contributed by atoms with Gasteiger partial charge < -0.3 is 22.8 Å². The maximum Gasteiger partial charge on any atom is 0.412 e. The summed E-state index contributed by atoms with van der Waals surface area (Å²) >= 11 is 17.4. The molecule has 1 atom stereocenters. The Hall–Kier alpha value is -0.540. The Morgan fingerprint density at radius 3 is 2.37 bits per heavy atom. The monoisotopic (exact) mass is 576 g/mol. The first-order valence-electron chi connectivity index (χ1n) is 11.2. The molecule has 1 aliphatic heterocycles. The van der Waals surface area contributed by atoms with E-state index in [2.05, 4.69) is 0 Å². The summed E-state index contributed by atoms with van der Waals surface area (Å²) in [6.07, 6.45) is -0.0646. The summed E-state index contributed by atoms with van der Waals surface area (Å²) in [6, 6.07) is 3.29. The van der Waals surface area contributed by atoms with E-state index in [-0.39, 0.29) is 11.4 Å². The number of allylic oxidation sites excluding steroid dienone is 1. The van der Waals surface area contributed by atoms with Crippen LogP contribution in [0.1, 0.15) is 56.6 Å². The molecule has 1 heterocycles. The molecule has 2 fully saturated rings. The zero-order valence-electron chi connectivity index (χ0n) is 20.1. The summed E-state index contributed by atoms with van der Waals surface area (Å²) in [5.74, 6) is 0.606. The van der Waals surface area contributed by atoms with Crippen molar-refractivity contribution >= 4 is 47.3 Å². The minimum Gasteiger partial charge on any atom is -0.445 e. The summed E-state index contributed by atoms with van der Waals surface area (Å²) in [5.41, 5.74) is 0.759. The predicted octanol–water partition coefficient (Wildman–Crippen LogP) is 7.96. The molecule has 0 aromatic heterocycles. The maximum atomic E-state index is 12.9. The molecular formula is C23H30Cl2F3O5PS. The van der Waals surface area contributed by atoms with Gasteiger partial charge in [-0.05, 0) is 75.8 Å². The average molecular weight is 577 g/mol. The summed E-state index contributed by atoms with van der Waals surface area (Å²) in [5, 5.41) is 0.422. The van der Waals surface area contributed by atoms with E-state index in [0.717, 1.165) is 37.9 Å². The van der Waals surface area contributed by atoms with Gasteiger partial charge in [0.15, 0.2) is 12.4 Å². The fraction of sp³-hybridized carbons (Fsp3) is 0.652. The minimum absolute atomic E-state index is 0.208. The van der Waals surface area contributed by atoms with Gasteiger partial charge in [0.1, 0.15) is 23.2 Å². The number of ether oxygens (including phenoxy) is 2. The molecule has 1 saturated heterocycles. The quantitative estimate of drug-likeness (QED) is 0.231. The van der Waals surface area contributed by atoms with E-state index in [1.54, 1.807) is 26.2 Å². The van der Waals surface area contributed by atoms with Gasteiger partial charge in [-0.2, -0.15) is 13.2 Å². The standard InChI is InChI=1S/C23H30Cl2F3O5PS/c1-15-12-17(24)13-18(32-25)19(15)16(2)20(33-34(4,35)31-14-23(26,27)28)22(29-3)9-7-21(8-10-22)6-5-11-30-21/h12-13H,5-11,14H2,1-4H3/b20-16-. The van der Waals surface area contributed by atoms with E-state index in [1.165, 1.54) is 6.66 Å². The number of halogens is 5. The third-order valence-corrected chi connectivity index (χ3v) is 8.78. The molecule has 5 nitrogen and oxygen atoms in total. The lowest BCUT2D eigenvalue weighted by atomic mass is 9.73. The summed E-state index contributed by atoms with van der Waals surface area (Å²) in [6.45, 7) is 0.824. The highest BCUT2D eigenvalue weighted by atomic mass is 35.5. The van der Waals surface area contributed by atoms with Crippen molar-refractivity contribution in [3.8, 4) is 5.75 Å². The van der Waals surface area contributed by atoms with Gasteiger partial charge in [0, 0.05) is 42.6 Å². The number of aryl methyl sites for hydroxylation is 1. The molecular weight excluding hydrogens is 547 g/mol. The van der Waals surface area contributed by atoms with E-state index >= 15 is 0 Å². The normalized spacial score (nSPS) is 27.5. The van der Waals surface area contributed by atoms with E-state index in [4.69, 9.17) is 58.1 Å². The molecule has 35 heavy (non-hydrogen) atoms. The van der Waals surface area contributed by atoms with Crippen molar-refractivity contribution in [3.63, 3.8) is 0 Å². The van der Waals surface area contributed by atoms with Crippen LogP contribution in [0, 0.1) is 6.92 Å². The lowest BCUT2D eigenvalue weighted by Crippen LogP contribution is -2.45. The number of hydrogen-bond acceptors (Lipinski definition) is 6. The molecule has 0 radical (unpaired) electrons. The fourth-order valence-corrected chi connectivity index (χ4v) is 6.86. The molecule has 198 valence electrons. The zero-order chi connectivity index (χ0) is 26.1. The second-order valence-electron chi connectivity index (χ2n) is 9.21. The highest BCUT2D eigenvalue weighted by Crippen LogP contribution is 2.56. The van der Waals surface area contributed by atoms with Crippen LogP contribution in [0.25, 0.3) is 5.57 Å². The first-order valence-corrected chi connectivity index (χ1v) is 15.0. The number of alkyl halides is 3. The van der Waals surface area contributed by atoms with Crippen LogP contribution in [0.5, 0.6) is 5.75 Å². The van der Waals surface area contributed by atoms with Crippen molar-refractivity contribution in [2.75, 3.05) is 27.0 Å². The highest BCUT2D eigenvalue weighted by Gasteiger charge is 2.49. The van der Waals surface area contributed by atoms with Gasteiger partial charge in [-0.15, -0.1) is 0 Å². The molecule has 1 aliphatic carbocycles. The molecule has 2 aliphatic rings. The summed E-state index contributed by atoms with van der Waals surface area (Å²) in [7, 11) is 1.56. The van der Waals surface area contributed by atoms with Crippen LogP contribution in [0.15, 0.2) is 17.9 Å². The molecule has 1 spiro atoms. The molecule has 0 bridgehead atoms. The Morgan fingerprint density at radius 1 is 1.20 bits per heavy atom. The molecule has 1 unspecified atom stereocenters. The van der Waals surface area contributed by atoms with Crippen molar-refractivity contribution in [2.45, 2.75) is 69.8 Å². The number of rotatable bonds is 8. The number of methoxy groups -OCH3 is 1. The number of benzene rings is 1. The van der Waals surface area contributed by atoms with E-state index in [0.29, 0.717) is 34.8 Å².